The lowest BCUT2D eigenvalue weighted by Crippen LogP contribution is -2.26. The molecule has 0 bridgehead atoms. The normalized spacial score (nSPS) is 20.8. The second kappa shape index (κ2) is 4.98. The lowest BCUT2D eigenvalue weighted by molar-refractivity contribution is -0.0934. The van der Waals surface area contributed by atoms with E-state index in [0.29, 0.717) is 6.54 Å². The minimum atomic E-state index is -4.25. The Labute approximate surface area is 104 Å². The summed E-state index contributed by atoms with van der Waals surface area (Å²) in [5.41, 5.74) is 0.400. The van der Waals surface area contributed by atoms with Gasteiger partial charge in [-0.15, -0.1) is 6.58 Å². The standard InChI is InChI=1S/C14H14F3N/c1-2-8-18-10-12(14(15,16)17)9-13(18)11-6-4-3-5-7-11/h2-7,9,13H,1,8,10H2. The van der Waals surface area contributed by atoms with Crippen LogP contribution in [0.2, 0.25) is 0 Å². The fourth-order valence-corrected chi connectivity index (χ4v) is 2.15. The monoisotopic (exact) mass is 253 g/mol. The van der Waals surface area contributed by atoms with Crippen LogP contribution in [0.15, 0.2) is 54.6 Å². The molecule has 0 saturated heterocycles. The van der Waals surface area contributed by atoms with Gasteiger partial charge in [0.15, 0.2) is 0 Å². The highest BCUT2D eigenvalue weighted by atomic mass is 19.4. The third kappa shape index (κ3) is 2.64. The summed E-state index contributed by atoms with van der Waals surface area (Å²) in [6, 6.07) is 8.89. The summed E-state index contributed by atoms with van der Waals surface area (Å²) in [6.45, 7) is 3.96. The maximum absolute atomic E-state index is 12.7. The summed E-state index contributed by atoms with van der Waals surface area (Å²) in [6.07, 6.45) is -1.31. The van der Waals surface area contributed by atoms with Crippen LogP contribution in [0.25, 0.3) is 0 Å². The average Bonchev–Trinajstić information content (AvgIpc) is 2.75. The summed E-state index contributed by atoms with van der Waals surface area (Å²) >= 11 is 0. The fraction of sp³-hybridized carbons (Fsp3) is 0.286. The highest BCUT2D eigenvalue weighted by molar-refractivity contribution is 5.31. The van der Waals surface area contributed by atoms with Gasteiger partial charge in [0, 0.05) is 18.7 Å². The van der Waals surface area contributed by atoms with Crippen molar-refractivity contribution in [1.82, 2.24) is 4.90 Å². The van der Waals surface area contributed by atoms with Gasteiger partial charge in [0.1, 0.15) is 0 Å². The SMILES string of the molecule is C=CCN1CC(C(F)(F)F)=CC1c1ccccc1. The van der Waals surface area contributed by atoms with Crippen LogP contribution in [-0.2, 0) is 0 Å². The molecule has 4 heteroatoms. The number of nitrogens with zero attached hydrogens (tertiary/aromatic N) is 1. The van der Waals surface area contributed by atoms with E-state index >= 15 is 0 Å². The summed E-state index contributed by atoms with van der Waals surface area (Å²) in [7, 11) is 0. The first-order valence-electron chi connectivity index (χ1n) is 5.70. The Hall–Kier alpha value is -1.55. The summed E-state index contributed by atoms with van der Waals surface area (Å²) in [4.78, 5) is 1.76. The van der Waals surface area contributed by atoms with Crippen molar-refractivity contribution in [2.75, 3.05) is 13.1 Å². The summed E-state index contributed by atoms with van der Waals surface area (Å²) < 4.78 is 38.2. The summed E-state index contributed by atoms with van der Waals surface area (Å²) in [5, 5.41) is 0. The van der Waals surface area contributed by atoms with E-state index in [1.165, 1.54) is 6.08 Å². The Morgan fingerprint density at radius 1 is 1.28 bits per heavy atom. The third-order valence-corrected chi connectivity index (χ3v) is 2.99. The number of alkyl halides is 3. The highest BCUT2D eigenvalue weighted by Crippen LogP contribution is 2.37. The molecule has 1 nitrogen and oxygen atoms in total. The summed E-state index contributed by atoms with van der Waals surface area (Å²) in [5.74, 6) is 0. The van der Waals surface area contributed by atoms with Crippen molar-refractivity contribution in [3.05, 3.63) is 60.2 Å². The van der Waals surface area contributed by atoms with Crippen molar-refractivity contribution < 1.29 is 13.2 Å². The molecular formula is C14H14F3N. The molecule has 1 aliphatic heterocycles. The van der Waals surface area contributed by atoms with E-state index in [0.717, 1.165) is 5.56 Å². The van der Waals surface area contributed by atoms with E-state index in [1.807, 2.05) is 30.3 Å². The quantitative estimate of drug-likeness (QED) is 0.742. The molecule has 96 valence electrons. The first-order valence-corrected chi connectivity index (χ1v) is 5.70. The van der Waals surface area contributed by atoms with E-state index < -0.39 is 11.7 Å². The third-order valence-electron chi connectivity index (χ3n) is 2.99. The van der Waals surface area contributed by atoms with Gasteiger partial charge >= 0.3 is 6.18 Å². The maximum Gasteiger partial charge on any atom is 0.413 e. The molecule has 1 heterocycles. The zero-order valence-electron chi connectivity index (χ0n) is 9.82. The highest BCUT2D eigenvalue weighted by Gasteiger charge is 2.40. The van der Waals surface area contributed by atoms with Gasteiger partial charge in [-0.25, -0.2) is 0 Å². The van der Waals surface area contributed by atoms with Gasteiger partial charge in [0.05, 0.1) is 6.04 Å². The molecule has 18 heavy (non-hydrogen) atoms. The van der Waals surface area contributed by atoms with Crippen LogP contribution in [-0.4, -0.2) is 24.2 Å². The van der Waals surface area contributed by atoms with Crippen LogP contribution in [0.5, 0.6) is 0 Å². The Balaban J connectivity index is 2.30. The fourth-order valence-electron chi connectivity index (χ4n) is 2.15. The molecule has 0 fully saturated rings. The van der Waals surface area contributed by atoms with E-state index in [2.05, 4.69) is 6.58 Å². The van der Waals surface area contributed by atoms with Gasteiger partial charge in [-0.2, -0.15) is 13.2 Å². The Kier molecular flexibility index (Phi) is 3.57. The molecule has 1 aromatic rings. The molecule has 2 rings (SSSR count). The van der Waals surface area contributed by atoms with Gasteiger partial charge in [0.2, 0.25) is 0 Å². The largest absolute Gasteiger partial charge is 0.413 e. The van der Waals surface area contributed by atoms with E-state index in [-0.39, 0.29) is 12.6 Å². The Bertz CT molecular complexity index is 448. The lowest BCUT2D eigenvalue weighted by atomic mass is 10.1. The molecule has 1 unspecified atom stereocenters. The van der Waals surface area contributed by atoms with Crippen LogP contribution < -0.4 is 0 Å². The van der Waals surface area contributed by atoms with Gasteiger partial charge in [-0.05, 0) is 5.56 Å². The molecule has 0 spiro atoms. The molecule has 0 N–H and O–H groups in total. The topological polar surface area (TPSA) is 3.24 Å². The van der Waals surface area contributed by atoms with Crippen molar-refractivity contribution in [1.29, 1.82) is 0 Å². The molecule has 0 saturated carbocycles. The minimum absolute atomic E-state index is 0.0743. The second-order valence-electron chi connectivity index (χ2n) is 4.26. The van der Waals surface area contributed by atoms with Crippen molar-refractivity contribution >= 4 is 0 Å². The van der Waals surface area contributed by atoms with E-state index in [9.17, 15) is 13.2 Å². The predicted molar refractivity (Wildman–Crippen MR) is 65.1 cm³/mol. The number of halogens is 3. The van der Waals surface area contributed by atoms with Crippen molar-refractivity contribution in [2.45, 2.75) is 12.2 Å². The van der Waals surface area contributed by atoms with Crippen molar-refractivity contribution in [3.8, 4) is 0 Å². The van der Waals surface area contributed by atoms with Crippen LogP contribution in [0.4, 0.5) is 13.2 Å². The zero-order chi connectivity index (χ0) is 13.2. The molecule has 1 aliphatic rings. The maximum atomic E-state index is 12.7. The van der Waals surface area contributed by atoms with Crippen molar-refractivity contribution in [3.63, 3.8) is 0 Å². The number of benzene rings is 1. The van der Waals surface area contributed by atoms with Crippen LogP contribution >= 0.6 is 0 Å². The Morgan fingerprint density at radius 3 is 2.50 bits per heavy atom. The number of rotatable bonds is 3. The second-order valence-corrected chi connectivity index (χ2v) is 4.26. The van der Waals surface area contributed by atoms with Crippen LogP contribution in [0.1, 0.15) is 11.6 Å². The molecular weight excluding hydrogens is 239 g/mol. The molecule has 0 aromatic heterocycles. The molecule has 1 atom stereocenters. The van der Waals surface area contributed by atoms with Gasteiger partial charge in [0.25, 0.3) is 0 Å². The zero-order valence-corrected chi connectivity index (χ0v) is 9.82. The predicted octanol–water partition coefficient (Wildman–Crippen LogP) is 3.72. The van der Waals surface area contributed by atoms with Crippen LogP contribution in [0, 0.1) is 0 Å². The Morgan fingerprint density at radius 2 is 1.94 bits per heavy atom. The van der Waals surface area contributed by atoms with E-state index in [4.69, 9.17) is 0 Å². The lowest BCUT2D eigenvalue weighted by Gasteiger charge is -2.23. The minimum Gasteiger partial charge on any atom is -0.285 e. The number of hydrogen-bond acceptors (Lipinski definition) is 1. The van der Waals surface area contributed by atoms with Gasteiger partial charge in [-0.3, -0.25) is 4.90 Å². The van der Waals surface area contributed by atoms with Crippen LogP contribution in [0.3, 0.4) is 0 Å². The first-order chi connectivity index (χ1) is 8.52. The number of hydrogen-bond donors (Lipinski definition) is 0. The average molecular weight is 253 g/mol. The molecule has 1 aromatic carbocycles. The molecule has 0 radical (unpaired) electrons. The first kappa shape index (κ1) is 12.9. The van der Waals surface area contributed by atoms with Gasteiger partial charge in [-0.1, -0.05) is 42.5 Å². The van der Waals surface area contributed by atoms with E-state index in [1.54, 1.807) is 11.0 Å². The van der Waals surface area contributed by atoms with Gasteiger partial charge < -0.3 is 0 Å². The molecule has 0 aliphatic carbocycles. The molecule has 0 amide bonds. The van der Waals surface area contributed by atoms with Crippen molar-refractivity contribution in [2.24, 2.45) is 0 Å². The smallest absolute Gasteiger partial charge is 0.285 e.